The Labute approximate surface area is 115 Å². The second-order valence-corrected chi connectivity index (χ2v) is 3.91. The molecule has 21 heavy (non-hydrogen) atoms. The maximum Gasteiger partial charge on any atom is 0.387 e. The Bertz CT molecular complexity index is 643. The average Bonchev–Trinajstić information content (AvgIpc) is 2.33. The molecule has 0 unspecified atom stereocenters. The fourth-order valence-electron chi connectivity index (χ4n) is 1.54. The van der Waals surface area contributed by atoms with E-state index in [9.17, 15) is 22.0 Å². The molecule has 0 amide bonds. The monoisotopic (exact) mass is 305 g/mol. The average molecular weight is 305 g/mol. The van der Waals surface area contributed by atoms with Crippen LogP contribution < -0.4 is 15.2 Å². The first-order valence-corrected chi connectivity index (χ1v) is 5.53. The van der Waals surface area contributed by atoms with E-state index in [1.54, 1.807) is 0 Å². The fourth-order valence-corrected chi connectivity index (χ4v) is 1.54. The Kier molecular flexibility index (Phi) is 4.15. The zero-order valence-electron chi connectivity index (χ0n) is 10.2. The summed E-state index contributed by atoms with van der Waals surface area (Å²) >= 11 is 0. The number of alkyl halides is 2. The number of nitrogens with two attached hydrogens (primary N) is 1. The third-order valence-electron chi connectivity index (χ3n) is 2.34. The maximum absolute atomic E-state index is 13.3. The van der Waals surface area contributed by atoms with Crippen LogP contribution in [0.5, 0.6) is 17.2 Å². The quantitative estimate of drug-likeness (QED) is 0.684. The van der Waals surface area contributed by atoms with Crippen molar-refractivity contribution >= 4 is 5.69 Å². The summed E-state index contributed by atoms with van der Waals surface area (Å²) in [7, 11) is 0. The molecule has 0 aliphatic carbocycles. The Morgan fingerprint density at radius 3 is 2.05 bits per heavy atom. The normalized spacial score (nSPS) is 10.8. The van der Waals surface area contributed by atoms with Crippen molar-refractivity contribution in [2.45, 2.75) is 6.61 Å². The van der Waals surface area contributed by atoms with E-state index in [1.165, 1.54) is 0 Å². The largest absolute Gasteiger partial charge is 0.455 e. The second kappa shape index (κ2) is 5.86. The number of rotatable bonds is 4. The van der Waals surface area contributed by atoms with E-state index in [0.29, 0.717) is 12.1 Å². The fraction of sp³-hybridized carbons (Fsp3) is 0.0769. The minimum atomic E-state index is -3.25. The van der Waals surface area contributed by atoms with Crippen molar-refractivity contribution in [3.63, 3.8) is 0 Å². The molecule has 0 radical (unpaired) electrons. The van der Waals surface area contributed by atoms with Gasteiger partial charge in [0.2, 0.25) is 0 Å². The summed E-state index contributed by atoms with van der Waals surface area (Å²) in [5.74, 6) is -4.29. The van der Waals surface area contributed by atoms with E-state index in [0.717, 1.165) is 18.2 Å². The van der Waals surface area contributed by atoms with Gasteiger partial charge in [-0.1, -0.05) is 0 Å². The standard InChI is InChI=1S/C13H8F5NO2/c14-6-1-7(15)3-8(2-6)20-12-5-11(21-13(17)18)9(16)4-10(12)19/h1-5,13H,19H2. The molecular weight excluding hydrogens is 297 g/mol. The summed E-state index contributed by atoms with van der Waals surface area (Å²) in [5.41, 5.74) is 5.20. The lowest BCUT2D eigenvalue weighted by molar-refractivity contribution is -0.0522. The van der Waals surface area contributed by atoms with Gasteiger partial charge in [0.05, 0.1) is 5.69 Å². The highest BCUT2D eigenvalue weighted by molar-refractivity contribution is 5.57. The molecule has 0 aliphatic heterocycles. The van der Waals surface area contributed by atoms with E-state index in [1.807, 2.05) is 0 Å². The van der Waals surface area contributed by atoms with Crippen molar-refractivity contribution < 1.29 is 31.4 Å². The third kappa shape index (κ3) is 3.74. The molecule has 8 heteroatoms. The Morgan fingerprint density at radius 1 is 0.857 bits per heavy atom. The van der Waals surface area contributed by atoms with Crippen LogP contribution in [0.25, 0.3) is 0 Å². The molecule has 0 bridgehead atoms. The second-order valence-electron chi connectivity index (χ2n) is 3.91. The van der Waals surface area contributed by atoms with Crippen molar-refractivity contribution in [3.05, 3.63) is 47.8 Å². The lowest BCUT2D eigenvalue weighted by Gasteiger charge is -2.12. The number of anilines is 1. The van der Waals surface area contributed by atoms with Gasteiger partial charge in [-0.15, -0.1) is 0 Å². The number of hydrogen-bond donors (Lipinski definition) is 1. The summed E-state index contributed by atoms with van der Waals surface area (Å²) in [4.78, 5) is 0. The van der Waals surface area contributed by atoms with Crippen molar-refractivity contribution in [2.75, 3.05) is 5.73 Å². The van der Waals surface area contributed by atoms with Crippen LogP contribution in [0, 0.1) is 17.5 Å². The van der Waals surface area contributed by atoms with Crippen molar-refractivity contribution in [1.82, 2.24) is 0 Å². The lowest BCUT2D eigenvalue weighted by Crippen LogP contribution is -2.05. The van der Waals surface area contributed by atoms with Crippen molar-refractivity contribution in [1.29, 1.82) is 0 Å². The number of ether oxygens (including phenoxy) is 2. The number of benzene rings is 2. The van der Waals surface area contributed by atoms with Crippen LogP contribution in [-0.4, -0.2) is 6.61 Å². The van der Waals surface area contributed by atoms with E-state index < -0.39 is 29.8 Å². The van der Waals surface area contributed by atoms with Gasteiger partial charge >= 0.3 is 6.61 Å². The topological polar surface area (TPSA) is 44.5 Å². The number of nitrogen functional groups attached to an aromatic ring is 1. The number of hydrogen-bond acceptors (Lipinski definition) is 3. The van der Waals surface area contributed by atoms with Gasteiger partial charge in [0.25, 0.3) is 0 Å². The van der Waals surface area contributed by atoms with E-state index in [4.69, 9.17) is 10.5 Å². The molecule has 2 aromatic rings. The highest BCUT2D eigenvalue weighted by Gasteiger charge is 2.15. The molecule has 0 saturated carbocycles. The molecule has 2 rings (SSSR count). The van der Waals surface area contributed by atoms with Crippen LogP contribution >= 0.6 is 0 Å². The lowest BCUT2D eigenvalue weighted by atomic mass is 10.2. The van der Waals surface area contributed by atoms with Crippen LogP contribution in [0.3, 0.4) is 0 Å². The van der Waals surface area contributed by atoms with Crippen LogP contribution in [0.2, 0.25) is 0 Å². The molecule has 0 fully saturated rings. The van der Waals surface area contributed by atoms with E-state index in [-0.39, 0.29) is 17.2 Å². The first-order chi connectivity index (χ1) is 9.85. The van der Waals surface area contributed by atoms with Gasteiger partial charge < -0.3 is 15.2 Å². The Balaban J connectivity index is 2.34. The number of halogens is 5. The van der Waals surface area contributed by atoms with Crippen molar-refractivity contribution in [3.8, 4) is 17.2 Å². The molecule has 0 aromatic heterocycles. The molecule has 0 spiro atoms. The van der Waals surface area contributed by atoms with Gasteiger partial charge in [-0.25, -0.2) is 13.2 Å². The summed E-state index contributed by atoms with van der Waals surface area (Å²) in [6.45, 7) is -3.25. The first kappa shape index (κ1) is 14.9. The highest BCUT2D eigenvalue weighted by Crippen LogP contribution is 2.34. The highest BCUT2D eigenvalue weighted by atomic mass is 19.3. The van der Waals surface area contributed by atoms with Gasteiger partial charge in [0, 0.05) is 30.3 Å². The molecule has 112 valence electrons. The maximum atomic E-state index is 13.3. The van der Waals surface area contributed by atoms with Gasteiger partial charge in [0.1, 0.15) is 17.4 Å². The molecule has 2 aromatic carbocycles. The Morgan fingerprint density at radius 2 is 1.48 bits per heavy atom. The molecule has 0 heterocycles. The molecule has 0 saturated heterocycles. The predicted octanol–water partition coefficient (Wildman–Crippen LogP) is 4.08. The summed E-state index contributed by atoms with van der Waals surface area (Å²) in [6, 6.07) is 3.77. The van der Waals surface area contributed by atoms with Gasteiger partial charge in [0.15, 0.2) is 17.3 Å². The molecule has 3 nitrogen and oxygen atoms in total. The van der Waals surface area contributed by atoms with Crippen LogP contribution in [0.15, 0.2) is 30.3 Å². The molecular formula is C13H8F5NO2. The van der Waals surface area contributed by atoms with E-state index >= 15 is 0 Å². The van der Waals surface area contributed by atoms with Crippen LogP contribution in [-0.2, 0) is 0 Å². The molecule has 2 N–H and O–H groups in total. The van der Waals surface area contributed by atoms with Gasteiger partial charge in [-0.3, -0.25) is 0 Å². The smallest absolute Gasteiger partial charge is 0.387 e. The van der Waals surface area contributed by atoms with Crippen LogP contribution in [0.4, 0.5) is 27.6 Å². The minimum Gasteiger partial charge on any atom is -0.455 e. The predicted molar refractivity (Wildman–Crippen MR) is 63.9 cm³/mol. The summed E-state index contributed by atoms with van der Waals surface area (Å²) < 4.78 is 72.6. The zero-order valence-corrected chi connectivity index (χ0v) is 10.2. The minimum absolute atomic E-state index is 0.251. The SMILES string of the molecule is Nc1cc(F)c(OC(F)F)cc1Oc1cc(F)cc(F)c1. The molecule has 0 aliphatic rings. The summed E-state index contributed by atoms with van der Waals surface area (Å²) in [5, 5.41) is 0. The molecule has 0 atom stereocenters. The van der Waals surface area contributed by atoms with Crippen LogP contribution in [0.1, 0.15) is 0 Å². The van der Waals surface area contributed by atoms with E-state index in [2.05, 4.69) is 4.74 Å². The van der Waals surface area contributed by atoms with Crippen molar-refractivity contribution in [2.24, 2.45) is 0 Å². The third-order valence-corrected chi connectivity index (χ3v) is 2.34. The van der Waals surface area contributed by atoms with Gasteiger partial charge in [-0.05, 0) is 0 Å². The van der Waals surface area contributed by atoms with Gasteiger partial charge in [-0.2, -0.15) is 8.78 Å². The Hall–Kier alpha value is -2.51. The first-order valence-electron chi connectivity index (χ1n) is 5.53. The zero-order chi connectivity index (χ0) is 15.6. The summed E-state index contributed by atoms with van der Waals surface area (Å²) in [6.07, 6.45) is 0.